The predicted molar refractivity (Wildman–Crippen MR) is 69.9 cm³/mol. The van der Waals surface area contributed by atoms with E-state index < -0.39 is 0 Å². The van der Waals surface area contributed by atoms with Crippen LogP contribution < -0.4 is 5.73 Å². The highest BCUT2D eigenvalue weighted by Gasteiger charge is 2.11. The summed E-state index contributed by atoms with van der Waals surface area (Å²) >= 11 is 3.44. The summed E-state index contributed by atoms with van der Waals surface area (Å²) in [7, 11) is 0. The van der Waals surface area contributed by atoms with Crippen LogP contribution in [0.2, 0.25) is 0 Å². The fourth-order valence-corrected chi connectivity index (χ4v) is 2.03. The average Bonchev–Trinajstić information content (AvgIpc) is 2.22. The number of halogens is 1. The molecule has 0 aliphatic heterocycles. The minimum absolute atomic E-state index is 0.332. The Morgan fingerprint density at radius 1 is 1.27 bits per heavy atom. The molecular formula is C13H20BrN. The minimum atomic E-state index is 0.332. The molecule has 0 spiro atoms. The van der Waals surface area contributed by atoms with E-state index in [1.807, 2.05) is 0 Å². The number of nitrogens with two attached hydrogens (primary N) is 1. The van der Waals surface area contributed by atoms with Crippen molar-refractivity contribution in [2.75, 3.05) is 0 Å². The number of hydrogen-bond acceptors (Lipinski definition) is 1. The fourth-order valence-electron chi connectivity index (χ4n) is 1.76. The van der Waals surface area contributed by atoms with Crippen LogP contribution in [0.25, 0.3) is 0 Å². The molecule has 2 N–H and O–H groups in total. The van der Waals surface area contributed by atoms with Crippen LogP contribution in [-0.2, 0) is 6.42 Å². The van der Waals surface area contributed by atoms with Crippen molar-refractivity contribution in [2.24, 2.45) is 11.7 Å². The van der Waals surface area contributed by atoms with Gasteiger partial charge in [-0.1, -0.05) is 48.3 Å². The summed E-state index contributed by atoms with van der Waals surface area (Å²) in [5, 5.41) is 0. The molecule has 15 heavy (non-hydrogen) atoms. The van der Waals surface area contributed by atoms with Gasteiger partial charge in [0.2, 0.25) is 0 Å². The third-order valence-corrected chi connectivity index (χ3v) is 3.35. The highest BCUT2D eigenvalue weighted by Crippen LogP contribution is 2.16. The molecular weight excluding hydrogens is 250 g/mol. The second-order valence-corrected chi connectivity index (χ2v) is 5.18. The maximum atomic E-state index is 6.10. The molecule has 0 aromatic heterocycles. The smallest absolute Gasteiger partial charge is 0.0175 e. The molecule has 2 heteroatoms. The standard InChI is InChI=1S/C13H20BrN/c1-3-4-13(15)10(2)9-11-5-7-12(14)8-6-11/h5-8,10,13H,3-4,9,15H2,1-2H3. The molecule has 0 fully saturated rings. The molecule has 0 aliphatic carbocycles. The van der Waals surface area contributed by atoms with Crippen molar-refractivity contribution in [3.8, 4) is 0 Å². The Morgan fingerprint density at radius 3 is 2.40 bits per heavy atom. The molecule has 0 amide bonds. The first-order valence-corrected chi connectivity index (χ1v) is 6.42. The Bertz CT molecular complexity index is 281. The molecule has 0 saturated heterocycles. The minimum Gasteiger partial charge on any atom is -0.327 e. The van der Waals surface area contributed by atoms with Crippen molar-refractivity contribution < 1.29 is 0 Å². The zero-order chi connectivity index (χ0) is 11.3. The van der Waals surface area contributed by atoms with E-state index in [-0.39, 0.29) is 0 Å². The average molecular weight is 270 g/mol. The lowest BCUT2D eigenvalue weighted by Gasteiger charge is -2.19. The molecule has 0 radical (unpaired) electrons. The normalized spacial score (nSPS) is 14.9. The Labute approximate surface area is 101 Å². The van der Waals surface area contributed by atoms with Crippen molar-refractivity contribution in [1.82, 2.24) is 0 Å². The SMILES string of the molecule is CCCC(N)C(C)Cc1ccc(Br)cc1. The Kier molecular flexibility index (Phi) is 5.34. The van der Waals surface area contributed by atoms with Gasteiger partial charge in [0.05, 0.1) is 0 Å². The molecule has 1 rings (SSSR count). The second-order valence-electron chi connectivity index (χ2n) is 4.26. The van der Waals surface area contributed by atoms with E-state index in [1.54, 1.807) is 0 Å². The summed E-state index contributed by atoms with van der Waals surface area (Å²) in [4.78, 5) is 0. The van der Waals surface area contributed by atoms with Gasteiger partial charge in [0, 0.05) is 10.5 Å². The van der Waals surface area contributed by atoms with Crippen molar-refractivity contribution in [1.29, 1.82) is 0 Å². The Balaban J connectivity index is 2.50. The van der Waals surface area contributed by atoms with E-state index in [0.29, 0.717) is 12.0 Å². The summed E-state index contributed by atoms with van der Waals surface area (Å²) in [5.74, 6) is 0.561. The Morgan fingerprint density at radius 2 is 1.87 bits per heavy atom. The molecule has 1 aromatic rings. The van der Waals surface area contributed by atoms with Gasteiger partial charge in [-0.15, -0.1) is 0 Å². The quantitative estimate of drug-likeness (QED) is 0.866. The van der Waals surface area contributed by atoms with Crippen LogP contribution >= 0.6 is 15.9 Å². The number of rotatable bonds is 5. The van der Waals surface area contributed by atoms with Crippen LogP contribution in [0.4, 0.5) is 0 Å². The van der Waals surface area contributed by atoms with Gasteiger partial charge >= 0.3 is 0 Å². The lowest BCUT2D eigenvalue weighted by Crippen LogP contribution is -2.29. The number of hydrogen-bond donors (Lipinski definition) is 1. The number of benzene rings is 1. The second kappa shape index (κ2) is 6.29. The van der Waals surface area contributed by atoms with Gasteiger partial charge in [-0.25, -0.2) is 0 Å². The van der Waals surface area contributed by atoms with Gasteiger partial charge in [-0.3, -0.25) is 0 Å². The Hall–Kier alpha value is -0.340. The van der Waals surface area contributed by atoms with Crippen LogP contribution in [0.15, 0.2) is 28.7 Å². The maximum Gasteiger partial charge on any atom is 0.0175 e. The highest BCUT2D eigenvalue weighted by atomic mass is 79.9. The van der Waals surface area contributed by atoms with Gasteiger partial charge in [0.1, 0.15) is 0 Å². The van der Waals surface area contributed by atoms with Crippen molar-refractivity contribution in [3.05, 3.63) is 34.3 Å². The van der Waals surface area contributed by atoms with Crippen LogP contribution in [0.1, 0.15) is 32.3 Å². The first-order chi connectivity index (χ1) is 7.13. The molecule has 1 nitrogen and oxygen atoms in total. The van der Waals surface area contributed by atoms with Crippen LogP contribution in [0.5, 0.6) is 0 Å². The van der Waals surface area contributed by atoms with Crippen LogP contribution in [0.3, 0.4) is 0 Å². The van der Waals surface area contributed by atoms with E-state index in [2.05, 4.69) is 54.0 Å². The molecule has 0 heterocycles. The van der Waals surface area contributed by atoms with E-state index in [1.165, 1.54) is 12.0 Å². The van der Waals surface area contributed by atoms with Crippen molar-refractivity contribution >= 4 is 15.9 Å². The zero-order valence-electron chi connectivity index (χ0n) is 9.54. The maximum absolute atomic E-state index is 6.10. The van der Waals surface area contributed by atoms with Gasteiger partial charge in [-0.2, -0.15) is 0 Å². The molecule has 1 aromatic carbocycles. The van der Waals surface area contributed by atoms with Crippen molar-refractivity contribution in [2.45, 2.75) is 39.2 Å². The lowest BCUT2D eigenvalue weighted by molar-refractivity contribution is 0.425. The van der Waals surface area contributed by atoms with E-state index >= 15 is 0 Å². The zero-order valence-corrected chi connectivity index (χ0v) is 11.1. The van der Waals surface area contributed by atoms with Gasteiger partial charge in [0.15, 0.2) is 0 Å². The largest absolute Gasteiger partial charge is 0.327 e. The summed E-state index contributed by atoms with van der Waals surface area (Å²) < 4.78 is 1.14. The summed E-state index contributed by atoms with van der Waals surface area (Å²) in [5.41, 5.74) is 7.47. The molecule has 0 aliphatic rings. The lowest BCUT2D eigenvalue weighted by atomic mass is 9.92. The van der Waals surface area contributed by atoms with Gasteiger partial charge in [0.25, 0.3) is 0 Å². The topological polar surface area (TPSA) is 26.0 Å². The fraction of sp³-hybridized carbons (Fsp3) is 0.538. The van der Waals surface area contributed by atoms with E-state index in [9.17, 15) is 0 Å². The van der Waals surface area contributed by atoms with Gasteiger partial charge < -0.3 is 5.73 Å². The van der Waals surface area contributed by atoms with E-state index in [4.69, 9.17) is 5.73 Å². The third-order valence-electron chi connectivity index (χ3n) is 2.82. The van der Waals surface area contributed by atoms with Crippen LogP contribution in [-0.4, -0.2) is 6.04 Å². The summed E-state index contributed by atoms with van der Waals surface area (Å²) in [6.07, 6.45) is 3.37. The van der Waals surface area contributed by atoms with Crippen molar-refractivity contribution in [3.63, 3.8) is 0 Å². The molecule has 0 saturated carbocycles. The highest BCUT2D eigenvalue weighted by molar-refractivity contribution is 9.10. The van der Waals surface area contributed by atoms with Crippen LogP contribution in [0, 0.1) is 5.92 Å². The third kappa shape index (κ3) is 4.35. The van der Waals surface area contributed by atoms with Gasteiger partial charge in [-0.05, 0) is 36.5 Å². The summed E-state index contributed by atoms with van der Waals surface area (Å²) in [6.45, 7) is 4.43. The monoisotopic (exact) mass is 269 g/mol. The molecule has 0 bridgehead atoms. The predicted octanol–water partition coefficient (Wildman–Crippen LogP) is 3.76. The summed E-state index contributed by atoms with van der Waals surface area (Å²) in [6, 6.07) is 8.85. The molecule has 2 unspecified atom stereocenters. The molecule has 2 atom stereocenters. The first-order valence-electron chi connectivity index (χ1n) is 5.63. The van der Waals surface area contributed by atoms with E-state index in [0.717, 1.165) is 17.3 Å². The first kappa shape index (κ1) is 12.7. The molecule has 84 valence electrons.